The molecule has 36 heavy (non-hydrogen) atoms. The van der Waals surface area contributed by atoms with Gasteiger partial charge in [-0.1, -0.05) is 29.8 Å². The molecule has 0 spiro atoms. The molecule has 0 aliphatic rings. The average molecular weight is 579 g/mol. The molecular formula is C25H22BrClFN3O5. The van der Waals surface area contributed by atoms with Crippen LogP contribution in [0, 0.1) is 5.82 Å². The number of nitrogens with one attached hydrogen (secondary N) is 2. The van der Waals surface area contributed by atoms with Crippen LogP contribution in [-0.2, 0) is 16.2 Å². The number of benzene rings is 3. The smallest absolute Gasteiger partial charge is 0.329 e. The Morgan fingerprint density at radius 3 is 2.58 bits per heavy atom. The lowest BCUT2D eigenvalue weighted by Gasteiger charge is -2.15. The summed E-state index contributed by atoms with van der Waals surface area (Å²) >= 11 is 9.36. The van der Waals surface area contributed by atoms with Crippen molar-refractivity contribution in [3.63, 3.8) is 0 Å². The summed E-state index contributed by atoms with van der Waals surface area (Å²) in [5.74, 6) is -1.21. The SMILES string of the molecule is CCOc1cc(/C=N/NC(=O)C(=O)Nc2cc(Cl)ccc2OC)cc(Br)c1OCc1ccccc1F. The van der Waals surface area contributed by atoms with Gasteiger partial charge >= 0.3 is 11.8 Å². The molecule has 0 atom stereocenters. The van der Waals surface area contributed by atoms with Gasteiger partial charge in [-0.15, -0.1) is 0 Å². The van der Waals surface area contributed by atoms with Crippen molar-refractivity contribution in [1.82, 2.24) is 5.43 Å². The standard InChI is InChI=1S/C25H22BrClFN3O5/c1-3-35-22-11-15(10-18(26)23(22)36-14-16-6-4-5-7-19(16)28)13-29-31-25(33)24(32)30-20-12-17(27)8-9-21(20)34-2/h4-13H,3,14H2,1-2H3,(H,30,32)(H,31,33)/b29-13+. The number of methoxy groups -OCH3 is 1. The molecule has 0 saturated carbocycles. The van der Waals surface area contributed by atoms with E-state index in [9.17, 15) is 14.0 Å². The van der Waals surface area contributed by atoms with Gasteiger partial charge in [0.2, 0.25) is 0 Å². The van der Waals surface area contributed by atoms with E-state index in [1.54, 1.807) is 42.5 Å². The number of hydrogen-bond donors (Lipinski definition) is 2. The average Bonchev–Trinajstić information content (AvgIpc) is 2.85. The number of amides is 2. The van der Waals surface area contributed by atoms with E-state index in [4.69, 9.17) is 25.8 Å². The molecule has 0 bridgehead atoms. The van der Waals surface area contributed by atoms with Crippen molar-refractivity contribution in [3.05, 3.63) is 81.0 Å². The Labute approximate surface area is 220 Å². The fraction of sp³-hybridized carbons (Fsp3) is 0.160. The van der Waals surface area contributed by atoms with Crippen LogP contribution in [0.25, 0.3) is 0 Å². The highest BCUT2D eigenvalue weighted by Crippen LogP contribution is 2.37. The second-order valence-corrected chi connectivity index (χ2v) is 8.43. The fourth-order valence-electron chi connectivity index (χ4n) is 3.00. The van der Waals surface area contributed by atoms with E-state index >= 15 is 0 Å². The van der Waals surface area contributed by atoms with E-state index in [1.165, 1.54) is 25.5 Å². The van der Waals surface area contributed by atoms with Crippen molar-refractivity contribution >= 4 is 51.2 Å². The molecule has 3 aromatic carbocycles. The molecule has 0 unspecified atom stereocenters. The van der Waals surface area contributed by atoms with Crippen molar-refractivity contribution in [2.45, 2.75) is 13.5 Å². The van der Waals surface area contributed by atoms with E-state index in [-0.39, 0.29) is 18.1 Å². The topological polar surface area (TPSA) is 98.2 Å². The number of carbonyl (C=O) groups is 2. The molecular weight excluding hydrogens is 557 g/mol. The molecule has 3 rings (SSSR count). The molecule has 11 heteroatoms. The van der Waals surface area contributed by atoms with Crippen LogP contribution < -0.4 is 25.0 Å². The van der Waals surface area contributed by atoms with Gasteiger partial charge in [-0.05, 0) is 64.8 Å². The maximum absolute atomic E-state index is 13.9. The summed E-state index contributed by atoms with van der Waals surface area (Å²) in [6.45, 7) is 2.16. The zero-order chi connectivity index (χ0) is 26.1. The molecule has 0 fully saturated rings. The predicted molar refractivity (Wildman–Crippen MR) is 138 cm³/mol. The number of ether oxygens (including phenoxy) is 3. The number of hydrogen-bond acceptors (Lipinski definition) is 6. The van der Waals surface area contributed by atoms with Crippen LogP contribution in [0.2, 0.25) is 5.02 Å². The van der Waals surface area contributed by atoms with E-state index in [2.05, 4.69) is 31.8 Å². The minimum absolute atomic E-state index is 0.00135. The normalized spacial score (nSPS) is 10.7. The Kier molecular flexibility index (Phi) is 9.66. The zero-order valence-electron chi connectivity index (χ0n) is 19.3. The number of anilines is 1. The third-order valence-corrected chi connectivity index (χ3v) is 5.48. The lowest BCUT2D eigenvalue weighted by atomic mass is 10.2. The molecule has 0 heterocycles. The number of rotatable bonds is 9. The highest BCUT2D eigenvalue weighted by molar-refractivity contribution is 9.10. The predicted octanol–water partition coefficient (Wildman–Crippen LogP) is 5.32. The Morgan fingerprint density at radius 1 is 1.08 bits per heavy atom. The Morgan fingerprint density at radius 2 is 1.86 bits per heavy atom. The third kappa shape index (κ3) is 7.19. The van der Waals surface area contributed by atoms with Gasteiger partial charge in [0.1, 0.15) is 18.2 Å². The largest absolute Gasteiger partial charge is 0.495 e. The summed E-state index contributed by atoms with van der Waals surface area (Å²) in [6.07, 6.45) is 1.33. The minimum Gasteiger partial charge on any atom is -0.495 e. The Balaban J connectivity index is 1.67. The lowest BCUT2D eigenvalue weighted by Crippen LogP contribution is -2.32. The van der Waals surface area contributed by atoms with Gasteiger partial charge in [0.15, 0.2) is 11.5 Å². The first-order valence-corrected chi connectivity index (χ1v) is 11.8. The Hall–Kier alpha value is -3.63. The van der Waals surface area contributed by atoms with Crippen LogP contribution in [0.15, 0.2) is 64.2 Å². The lowest BCUT2D eigenvalue weighted by molar-refractivity contribution is -0.136. The van der Waals surface area contributed by atoms with Gasteiger partial charge in [0.05, 0.1) is 30.1 Å². The van der Waals surface area contributed by atoms with Crippen LogP contribution >= 0.6 is 27.5 Å². The first kappa shape index (κ1) is 27.0. The van der Waals surface area contributed by atoms with Gasteiger partial charge in [-0.3, -0.25) is 9.59 Å². The van der Waals surface area contributed by atoms with E-state index < -0.39 is 11.8 Å². The summed E-state index contributed by atoms with van der Waals surface area (Å²) < 4.78 is 31.1. The van der Waals surface area contributed by atoms with E-state index in [0.717, 1.165) is 0 Å². The van der Waals surface area contributed by atoms with Crippen molar-refractivity contribution in [3.8, 4) is 17.2 Å². The summed E-state index contributed by atoms with van der Waals surface area (Å²) in [5.41, 5.74) is 3.34. The minimum atomic E-state index is -0.998. The quantitative estimate of drug-likeness (QED) is 0.204. The van der Waals surface area contributed by atoms with Crippen LogP contribution in [0.5, 0.6) is 17.2 Å². The van der Waals surface area contributed by atoms with Gasteiger partial charge in [0.25, 0.3) is 0 Å². The summed E-state index contributed by atoms with van der Waals surface area (Å²) in [6, 6.07) is 14.2. The first-order chi connectivity index (χ1) is 17.3. The molecule has 2 amide bonds. The zero-order valence-corrected chi connectivity index (χ0v) is 21.7. The number of nitrogens with zero attached hydrogens (tertiary/aromatic N) is 1. The fourth-order valence-corrected chi connectivity index (χ4v) is 3.75. The van der Waals surface area contributed by atoms with Gasteiger partial charge in [-0.2, -0.15) is 5.10 Å². The second-order valence-electron chi connectivity index (χ2n) is 7.14. The van der Waals surface area contributed by atoms with Crippen molar-refractivity contribution in [2.24, 2.45) is 5.10 Å². The molecule has 0 aromatic heterocycles. The summed E-state index contributed by atoms with van der Waals surface area (Å²) in [7, 11) is 1.42. The highest BCUT2D eigenvalue weighted by Gasteiger charge is 2.16. The molecule has 2 N–H and O–H groups in total. The second kappa shape index (κ2) is 12.9. The maximum Gasteiger partial charge on any atom is 0.329 e. The summed E-state index contributed by atoms with van der Waals surface area (Å²) in [5, 5.41) is 6.61. The highest BCUT2D eigenvalue weighted by atomic mass is 79.9. The molecule has 0 radical (unpaired) electrons. The molecule has 0 aliphatic carbocycles. The molecule has 8 nitrogen and oxygen atoms in total. The molecule has 0 saturated heterocycles. The molecule has 188 valence electrons. The first-order valence-electron chi connectivity index (χ1n) is 10.6. The summed E-state index contributed by atoms with van der Waals surface area (Å²) in [4.78, 5) is 24.4. The van der Waals surface area contributed by atoms with E-state index in [0.29, 0.717) is 44.5 Å². The Bertz CT molecular complexity index is 1290. The van der Waals surface area contributed by atoms with Gasteiger partial charge in [0, 0.05) is 10.6 Å². The van der Waals surface area contributed by atoms with Crippen molar-refractivity contribution < 1.29 is 28.2 Å². The van der Waals surface area contributed by atoms with Gasteiger partial charge in [-0.25, -0.2) is 9.82 Å². The third-order valence-electron chi connectivity index (χ3n) is 4.66. The maximum atomic E-state index is 13.9. The molecule has 3 aromatic rings. The van der Waals surface area contributed by atoms with Crippen LogP contribution in [0.4, 0.5) is 10.1 Å². The number of carbonyl (C=O) groups excluding carboxylic acids is 2. The van der Waals surface area contributed by atoms with Crippen LogP contribution in [-0.4, -0.2) is 31.7 Å². The number of halogens is 3. The molecule has 0 aliphatic heterocycles. The monoisotopic (exact) mass is 577 g/mol. The van der Waals surface area contributed by atoms with Crippen molar-refractivity contribution in [1.29, 1.82) is 0 Å². The van der Waals surface area contributed by atoms with Crippen LogP contribution in [0.1, 0.15) is 18.1 Å². The number of hydrazone groups is 1. The van der Waals surface area contributed by atoms with Gasteiger partial charge < -0.3 is 19.5 Å². The van der Waals surface area contributed by atoms with Crippen LogP contribution in [0.3, 0.4) is 0 Å². The van der Waals surface area contributed by atoms with E-state index in [1.807, 2.05) is 6.92 Å². The van der Waals surface area contributed by atoms with Crippen molar-refractivity contribution in [2.75, 3.05) is 19.0 Å².